The van der Waals surface area contributed by atoms with E-state index in [1.165, 1.54) is 0 Å². The first-order chi connectivity index (χ1) is 8.12. The van der Waals surface area contributed by atoms with E-state index >= 15 is 0 Å². The highest BCUT2D eigenvalue weighted by Crippen LogP contribution is 1.99. The lowest BCUT2D eigenvalue weighted by molar-refractivity contribution is -0.110. The molecule has 0 atom stereocenters. The van der Waals surface area contributed by atoms with Gasteiger partial charge in [-0.2, -0.15) is 0 Å². The number of carbonyl (C=O) groups excluding carboxylic acids is 1. The van der Waals surface area contributed by atoms with E-state index in [2.05, 4.69) is 18.3 Å². The van der Waals surface area contributed by atoms with Gasteiger partial charge in [0.1, 0.15) is 6.29 Å². The minimum Gasteiger partial charge on any atom is -0.303 e. The molecule has 0 fully saturated rings. The lowest BCUT2D eigenvalue weighted by Crippen LogP contribution is -1.82. The Bertz CT molecular complexity index is 181. The standard InChI is InChI=1S/C7H11N.C4H8O.2C2H6/c1-4-6-7(5-2)8-3;1-4(2)3-5;2*1-2/h4,6H,1,3,5H2,2H3;3-4H,1-2H3;2*1-2H3/b7-6-;;;. The van der Waals surface area contributed by atoms with E-state index in [9.17, 15) is 4.79 Å². The average Bonchev–Trinajstić information content (AvgIpc) is 2.41. The molecule has 0 aliphatic carbocycles. The van der Waals surface area contributed by atoms with Crippen molar-refractivity contribution in [3.05, 3.63) is 24.4 Å². The summed E-state index contributed by atoms with van der Waals surface area (Å²) in [6.45, 7) is 20.7. The monoisotopic (exact) mass is 241 g/mol. The van der Waals surface area contributed by atoms with Gasteiger partial charge in [-0.05, 0) is 19.2 Å². The van der Waals surface area contributed by atoms with Gasteiger partial charge in [-0.1, -0.05) is 61.1 Å². The highest BCUT2D eigenvalue weighted by Gasteiger charge is 1.80. The fraction of sp³-hybridized carbons (Fsp3) is 0.600. The van der Waals surface area contributed by atoms with Gasteiger partial charge < -0.3 is 4.79 Å². The summed E-state index contributed by atoms with van der Waals surface area (Å²) in [5.74, 6) is 0.204. The molecule has 2 nitrogen and oxygen atoms in total. The van der Waals surface area contributed by atoms with Crippen molar-refractivity contribution in [2.75, 3.05) is 0 Å². The number of hydrogen-bond acceptors (Lipinski definition) is 2. The normalized spacial score (nSPS) is 8.35. The second-order valence-electron chi connectivity index (χ2n) is 2.79. The van der Waals surface area contributed by atoms with Crippen LogP contribution in [0.4, 0.5) is 0 Å². The fourth-order valence-electron chi connectivity index (χ4n) is 0.418. The number of aldehydes is 1. The lowest BCUT2D eigenvalue weighted by atomic mass is 10.3. The van der Waals surface area contributed by atoms with Crippen LogP contribution >= 0.6 is 0 Å². The van der Waals surface area contributed by atoms with Gasteiger partial charge in [0.25, 0.3) is 0 Å². The highest BCUT2D eigenvalue weighted by atomic mass is 16.1. The predicted octanol–water partition coefficient (Wildman–Crippen LogP) is 5.06. The number of carbonyl (C=O) groups is 1. The quantitative estimate of drug-likeness (QED) is 0.384. The Morgan fingerprint density at radius 1 is 1.24 bits per heavy atom. The topological polar surface area (TPSA) is 29.4 Å². The van der Waals surface area contributed by atoms with E-state index in [1.54, 1.807) is 6.08 Å². The SMILES string of the molecule is C=C/C=C(/CC)N=C.CC.CC.CC(C)C=O. The zero-order valence-electron chi connectivity index (χ0n) is 12.8. The first-order valence-corrected chi connectivity index (χ1v) is 6.35. The average molecular weight is 241 g/mol. The van der Waals surface area contributed by atoms with E-state index in [0.29, 0.717) is 0 Å². The van der Waals surface area contributed by atoms with Crippen molar-refractivity contribution in [3.8, 4) is 0 Å². The van der Waals surface area contributed by atoms with E-state index < -0.39 is 0 Å². The van der Waals surface area contributed by atoms with Gasteiger partial charge in [-0.25, -0.2) is 0 Å². The van der Waals surface area contributed by atoms with Gasteiger partial charge in [-0.3, -0.25) is 4.99 Å². The molecule has 0 rings (SSSR count). The number of rotatable bonds is 4. The van der Waals surface area contributed by atoms with Crippen LogP contribution in [0.25, 0.3) is 0 Å². The first-order valence-electron chi connectivity index (χ1n) is 6.35. The zero-order valence-corrected chi connectivity index (χ0v) is 12.8. The molecule has 2 heteroatoms. The van der Waals surface area contributed by atoms with Crippen LogP contribution in [-0.4, -0.2) is 13.0 Å². The molecule has 0 spiro atoms. The molecule has 0 saturated carbocycles. The van der Waals surface area contributed by atoms with E-state index in [0.717, 1.165) is 18.4 Å². The smallest absolute Gasteiger partial charge is 0.122 e. The van der Waals surface area contributed by atoms with Gasteiger partial charge in [0, 0.05) is 11.6 Å². The van der Waals surface area contributed by atoms with Crippen LogP contribution in [0.5, 0.6) is 0 Å². The molecule has 0 heterocycles. The van der Waals surface area contributed by atoms with Crippen molar-refractivity contribution in [2.45, 2.75) is 54.9 Å². The first kappa shape index (κ1) is 24.9. The zero-order chi connectivity index (χ0) is 14.7. The molecule has 0 aliphatic rings. The van der Waals surface area contributed by atoms with E-state index in [-0.39, 0.29) is 5.92 Å². The molecule has 0 radical (unpaired) electrons. The summed E-state index contributed by atoms with van der Waals surface area (Å²) in [6, 6.07) is 0. The van der Waals surface area contributed by atoms with Crippen LogP contribution in [0.2, 0.25) is 0 Å². The minimum atomic E-state index is 0.204. The summed E-state index contributed by atoms with van der Waals surface area (Å²) in [7, 11) is 0. The number of aliphatic imine (C=N–C) groups is 1. The van der Waals surface area contributed by atoms with Crippen LogP contribution in [0.3, 0.4) is 0 Å². The van der Waals surface area contributed by atoms with Crippen molar-refractivity contribution in [2.24, 2.45) is 10.9 Å². The summed E-state index contributed by atoms with van der Waals surface area (Å²) < 4.78 is 0. The second-order valence-corrected chi connectivity index (χ2v) is 2.79. The van der Waals surface area contributed by atoms with Crippen molar-refractivity contribution >= 4 is 13.0 Å². The van der Waals surface area contributed by atoms with Gasteiger partial charge in [0.2, 0.25) is 0 Å². The van der Waals surface area contributed by atoms with Crippen LogP contribution in [-0.2, 0) is 4.79 Å². The third-order valence-electron chi connectivity index (χ3n) is 1.15. The highest BCUT2D eigenvalue weighted by molar-refractivity contribution is 5.51. The largest absolute Gasteiger partial charge is 0.303 e. The van der Waals surface area contributed by atoms with Crippen LogP contribution in [0.15, 0.2) is 29.4 Å². The third kappa shape index (κ3) is 39.8. The molecular weight excluding hydrogens is 210 g/mol. The van der Waals surface area contributed by atoms with Gasteiger partial charge in [-0.15, -0.1) is 0 Å². The second kappa shape index (κ2) is 29.4. The molecule has 0 unspecified atom stereocenters. The Hall–Kier alpha value is -1.18. The lowest BCUT2D eigenvalue weighted by Gasteiger charge is -1.88. The Morgan fingerprint density at radius 2 is 1.59 bits per heavy atom. The molecule has 0 saturated heterocycles. The van der Waals surface area contributed by atoms with Crippen molar-refractivity contribution in [1.82, 2.24) is 0 Å². The Balaban J connectivity index is -0.0000000809. The van der Waals surface area contributed by atoms with E-state index in [1.807, 2.05) is 54.5 Å². The van der Waals surface area contributed by atoms with E-state index in [4.69, 9.17) is 0 Å². The third-order valence-corrected chi connectivity index (χ3v) is 1.15. The van der Waals surface area contributed by atoms with Gasteiger partial charge in [0.05, 0.1) is 0 Å². The maximum absolute atomic E-state index is 9.50. The molecule has 0 aromatic heterocycles. The van der Waals surface area contributed by atoms with Crippen molar-refractivity contribution < 1.29 is 4.79 Å². The summed E-state index contributed by atoms with van der Waals surface area (Å²) >= 11 is 0. The number of allylic oxidation sites excluding steroid dienone is 3. The number of hydrogen-bond donors (Lipinski definition) is 0. The van der Waals surface area contributed by atoms with Crippen LogP contribution in [0.1, 0.15) is 54.9 Å². The Kier molecular flexibility index (Phi) is 42.9. The molecule has 17 heavy (non-hydrogen) atoms. The molecular formula is C15H31NO. The molecule has 102 valence electrons. The molecule has 0 bridgehead atoms. The van der Waals surface area contributed by atoms with Crippen molar-refractivity contribution in [3.63, 3.8) is 0 Å². The summed E-state index contributed by atoms with van der Waals surface area (Å²) in [4.78, 5) is 13.2. The number of nitrogens with zero attached hydrogens (tertiary/aromatic N) is 1. The predicted molar refractivity (Wildman–Crippen MR) is 81.7 cm³/mol. The molecule has 0 amide bonds. The summed E-state index contributed by atoms with van der Waals surface area (Å²) in [5, 5.41) is 0. The van der Waals surface area contributed by atoms with Gasteiger partial charge in [0.15, 0.2) is 0 Å². The molecule has 0 N–H and O–H groups in total. The fourth-order valence-corrected chi connectivity index (χ4v) is 0.418. The summed E-state index contributed by atoms with van der Waals surface area (Å²) in [5.41, 5.74) is 0.986. The van der Waals surface area contributed by atoms with Crippen LogP contribution in [0, 0.1) is 5.92 Å². The minimum absolute atomic E-state index is 0.204. The van der Waals surface area contributed by atoms with Crippen molar-refractivity contribution in [1.29, 1.82) is 0 Å². The Morgan fingerprint density at radius 3 is 1.65 bits per heavy atom. The molecule has 0 aromatic carbocycles. The Labute approximate surface area is 109 Å². The summed E-state index contributed by atoms with van der Waals surface area (Å²) in [6.07, 6.45) is 5.41. The van der Waals surface area contributed by atoms with Gasteiger partial charge >= 0.3 is 0 Å². The maximum Gasteiger partial charge on any atom is 0.122 e. The molecule has 0 aliphatic heterocycles. The molecule has 0 aromatic rings. The maximum atomic E-state index is 9.50. The van der Waals surface area contributed by atoms with Crippen LogP contribution < -0.4 is 0 Å².